The Morgan fingerprint density at radius 2 is 0.988 bits per heavy atom. The number of aliphatic hydroxyl groups is 3. The Morgan fingerprint density at radius 3 is 1.35 bits per heavy atom. The summed E-state index contributed by atoms with van der Waals surface area (Å²) in [7, 11) is -3.85. The predicted octanol–water partition coefficient (Wildman–Crippen LogP) is -1.12. The van der Waals surface area contributed by atoms with Crippen molar-refractivity contribution in [3.8, 4) is 0 Å². The molecule has 4 aromatic rings. The number of carbonyl (C=O) groups is 5. The van der Waals surface area contributed by atoms with E-state index in [0.29, 0.717) is 142 Å². The van der Waals surface area contributed by atoms with Gasteiger partial charge in [-0.2, -0.15) is 8.67 Å². The molecule has 0 aliphatic rings. The van der Waals surface area contributed by atoms with Crippen molar-refractivity contribution in [1.82, 2.24) is 0 Å². The number of ether oxygens (including phenoxy) is 3. The van der Waals surface area contributed by atoms with Crippen molar-refractivity contribution < 1.29 is 184 Å². The summed E-state index contributed by atoms with van der Waals surface area (Å²) in [5, 5.41) is 58.3. The topological polar surface area (TPSA) is 326 Å². The largest absolute Gasteiger partial charge is 1.00 e. The Hall–Kier alpha value is -1.60. The van der Waals surface area contributed by atoms with Crippen LogP contribution in [0.15, 0.2) is 99.7 Å². The van der Waals surface area contributed by atoms with Crippen LogP contribution in [0.2, 0.25) is 0 Å². The molecule has 0 amide bonds. The van der Waals surface area contributed by atoms with Crippen LogP contribution in [0.4, 0.5) is 5.69 Å². The molecule has 0 unspecified atom stereocenters. The summed E-state index contributed by atoms with van der Waals surface area (Å²) in [6.45, 7) is 26.2. The van der Waals surface area contributed by atoms with Crippen molar-refractivity contribution in [3.05, 3.63) is 85.0 Å². The molecule has 4 rings (SSSR count). The predicted molar refractivity (Wildman–Crippen MR) is 297 cm³/mol. The normalized spacial score (nSPS) is 9.81. The summed E-state index contributed by atoms with van der Waals surface area (Å²) in [6.07, 6.45) is 5.85. The van der Waals surface area contributed by atoms with E-state index >= 15 is 0 Å². The van der Waals surface area contributed by atoms with Gasteiger partial charge in [-0.05, 0) is 126 Å². The first-order valence-corrected chi connectivity index (χ1v) is 28.2. The first kappa shape index (κ1) is 89.6. The quantitative estimate of drug-likeness (QED) is 0.00418. The van der Waals surface area contributed by atoms with Crippen LogP contribution in [-0.4, -0.2) is 117 Å². The zero-order valence-corrected chi connectivity index (χ0v) is 56.6. The van der Waals surface area contributed by atoms with Gasteiger partial charge in [0.05, 0.1) is 48.8 Å². The fourth-order valence-corrected chi connectivity index (χ4v) is 7.24. The number of nitrogens with one attached hydrogen (secondary N) is 1. The standard InChI is InChI=1S/C24H23NO11S3.C8H14O3.C8H12O3.C4H5ClO.C4H10O2.C2H7P.CH4.3Na/c1-13(2)24(26)32-10-4-3-9-25-18-11-19(37-35-33-27)15-6-7-16-20(38-36-34-28)12-21(39(29,30)31)17-8-5-14(18)22(15)23(16)17;2*1-7(2)8(10)11-6-4-3-5-9;1-3(2)4(5)6;5-3-1-2-4-6;1-3-2;;;;/h5-8,11-12,25,27-28H,1,3-4,9-10H2,2H3,(H,29,30,31);9H,1,3-6H2,2H3;5H,1,3-4,6H2,2H3;1H2,2H3;5-6H,1-4H2;3H,1-2H3;1H4;;;/q;;;;;;;3*+1/p-3. The van der Waals surface area contributed by atoms with E-state index in [9.17, 15) is 47.5 Å². The summed E-state index contributed by atoms with van der Waals surface area (Å²) in [6, 6.07) is 9.44. The first-order valence-electron chi connectivity index (χ1n) is 22.9. The van der Waals surface area contributed by atoms with Gasteiger partial charge in [-0.3, -0.25) is 14.9 Å². The molecule has 0 spiro atoms. The summed E-state index contributed by atoms with van der Waals surface area (Å²) >= 11 is 6.00. The van der Waals surface area contributed by atoms with Crippen LogP contribution >= 0.6 is 44.3 Å². The van der Waals surface area contributed by atoms with E-state index in [1.807, 2.05) is 0 Å². The third kappa shape index (κ3) is 38.4. The van der Waals surface area contributed by atoms with Crippen molar-refractivity contribution >= 4 is 122 Å². The Morgan fingerprint density at radius 1 is 0.637 bits per heavy atom. The molecule has 0 radical (unpaired) electrons. The number of carbonyl (C=O) groups excluding carboxylic acids is 5. The fourth-order valence-electron chi connectivity index (χ4n) is 5.41. The van der Waals surface area contributed by atoms with Crippen LogP contribution in [0.25, 0.3) is 32.3 Å². The number of hydrogen-bond donors (Lipinski definition) is 4. The maximum absolute atomic E-state index is 12.2. The Bertz CT molecular complexity index is 2570. The average molecular weight is 1250 g/mol. The van der Waals surface area contributed by atoms with Gasteiger partial charge in [0.2, 0.25) is 5.24 Å². The number of esters is 3. The van der Waals surface area contributed by atoms with Gasteiger partial charge in [-0.15, -0.1) is 8.58 Å². The number of halogens is 1. The minimum Gasteiger partial charge on any atom is -0.744 e. The molecule has 0 fully saturated rings. The second kappa shape index (κ2) is 54.1. The maximum atomic E-state index is 12.2. The fraction of sp³-hybridized carbons (Fsp3) is 0.431. The number of hydrogen-bond acceptors (Lipinski definition) is 23. The minimum absolute atomic E-state index is 0. The van der Waals surface area contributed by atoms with Crippen molar-refractivity contribution in [2.75, 3.05) is 64.8 Å². The molecular formula is C51H72ClNNa3O20PS3. The van der Waals surface area contributed by atoms with Gasteiger partial charge < -0.3 is 54.7 Å². The van der Waals surface area contributed by atoms with Gasteiger partial charge in [-0.25, -0.2) is 22.8 Å². The minimum atomic E-state index is -4.93. The maximum Gasteiger partial charge on any atom is 1.00 e. The molecule has 21 nitrogen and oxygen atoms in total. The van der Waals surface area contributed by atoms with Gasteiger partial charge in [0, 0.05) is 86.7 Å². The van der Waals surface area contributed by atoms with Gasteiger partial charge in [0.1, 0.15) is 16.4 Å². The third-order valence-electron chi connectivity index (χ3n) is 8.91. The van der Waals surface area contributed by atoms with E-state index in [-0.39, 0.29) is 139 Å². The van der Waals surface area contributed by atoms with E-state index in [2.05, 4.69) is 63.7 Å². The zero-order valence-electron chi connectivity index (χ0n) is 46.4. The van der Waals surface area contributed by atoms with Gasteiger partial charge in [0.25, 0.3) is 0 Å². The van der Waals surface area contributed by atoms with E-state index in [1.165, 1.54) is 6.07 Å². The van der Waals surface area contributed by atoms with Crippen molar-refractivity contribution in [2.24, 2.45) is 0 Å². The van der Waals surface area contributed by atoms with E-state index in [1.54, 1.807) is 52.0 Å². The van der Waals surface area contributed by atoms with Gasteiger partial charge in [0.15, 0.2) is 0 Å². The van der Waals surface area contributed by atoms with Crippen LogP contribution in [0.1, 0.15) is 86.5 Å². The number of aldehydes is 1. The molecule has 0 saturated heterocycles. The molecule has 0 aliphatic heterocycles. The van der Waals surface area contributed by atoms with E-state index in [4.69, 9.17) is 41.1 Å². The van der Waals surface area contributed by atoms with Gasteiger partial charge >= 0.3 is 107 Å². The van der Waals surface area contributed by atoms with Crippen LogP contribution in [0.5, 0.6) is 0 Å². The molecule has 4 aromatic carbocycles. The Labute approximate surface area is 551 Å². The number of benzene rings is 4. The number of anilines is 1. The number of allylic oxidation sites excluding steroid dienone is 1. The van der Waals surface area contributed by atoms with E-state index in [0.717, 1.165) is 33.8 Å². The van der Waals surface area contributed by atoms with Crippen molar-refractivity contribution in [1.29, 1.82) is 0 Å². The third-order valence-corrected chi connectivity index (χ3v) is 11.4. The molecule has 0 aliphatic carbocycles. The molecule has 0 atom stereocenters. The van der Waals surface area contributed by atoms with Crippen molar-refractivity contribution in [2.45, 2.75) is 101 Å². The summed E-state index contributed by atoms with van der Waals surface area (Å²) in [5.74, 6) is -1.21. The van der Waals surface area contributed by atoms with Crippen LogP contribution < -0.4 is 105 Å². The molecule has 0 heterocycles. The molecule has 29 heteroatoms. The van der Waals surface area contributed by atoms with Crippen molar-refractivity contribution in [3.63, 3.8) is 0 Å². The smallest absolute Gasteiger partial charge is 0.744 e. The average Bonchev–Trinajstić information content (AvgIpc) is 3.37. The van der Waals surface area contributed by atoms with Gasteiger partial charge in [-0.1, -0.05) is 58.0 Å². The van der Waals surface area contributed by atoms with Crippen LogP contribution in [0.3, 0.4) is 0 Å². The summed E-state index contributed by atoms with van der Waals surface area (Å²) in [5.41, 5.74) is 2.12. The van der Waals surface area contributed by atoms with E-state index < -0.39 is 32.2 Å². The molecule has 0 aromatic heterocycles. The number of rotatable bonds is 28. The zero-order chi connectivity index (χ0) is 58.2. The molecule has 0 bridgehead atoms. The second-order valence-corrected chi connectivity index (χ2v) is 19.8. The molecule has 434 valence electrons. The first-order chi connectivity index (χ1) is 36.0. The van der Waals surface area contributed by atoms with Crippen LogP contribution in [-0.2, 0) is 67.0 Å². The number of unbranched alkanes of at least 4 members (excludes halogenated alkanes) is 4. The monoisotopic (exact) mass is 1250 g/mol. The Kier molecular flexibility index (Phi) is 60.6. The molecular weight excluding hydrogens is 1180 g/mol. The van der Waals surface area contributed by atoms with Crippen LogP contribution in [0, 0.1) is 0 Å². The Balaban J connectivity index is -0.000000273. The molecule has 0 saturated carbocycles. The second-order valence-electron chi connectivity index (χ2n) is 15.6. The summed E-state index contributed by atoms with van der Waals surface area (Å²) in [4.78, 5) is 52.7. The molecule has 4 N–H and O–H groups in total. The number of aliphatic hydroxyl groups excluding tert-OH is 3. The summed E-state index contributed by atoms with van der Waals surface area (Å²) < 4.78 is 60.1. The molecule has 80 heavy (non-hydrogen) atoms. The SMILES string of the molecule is C.C=C(C)C(=O)Cl.C=C(C)C(=O)OCCCC=O.C=C(C)C(=O)OCCCCNc1cc(SOO[O-])c2ccc3c(SOO[O-])cc(S(=O)(=O)[O-])c4ccc1c2c34.C=C(C)C(=O)OCCCCO.CPC.OCCCCO.[Na+].[Na+].[Na+].